The SMILES string of the molecule is CC(C)N1CCC(CN2C3CN(C(C)C)CC32)CC1. The zero-order valence-corrected chi connectivity index (χ0v) is 13.2. The lowest BCUT2D eigenvalue weighted by Crippen LogP contribution is -2.41. The predicted octanol–water partition coefficient (Wildman–Crippen LogP) is 1.88. The van der Waals surface area contributed by atoms with Crippen LogP contribution in [0.25, 0.3) is 0 Å². The van der Waals surface area contributed by atoms with Crippen molar-refractivity contribution < 1.29 is 0 Å². The zero-order valence-electron chi connectivity index (χ0n) is 13.2. The van der Waals surface area contributed by atoms with Gasteiger partial charge in [-0.1, -0.05) is 0 Å². The summed E-state index contributed by atoms with van der Waals surface area (Å²) in [5.74, 6) is 0.966. The molecule has 0 bridgehead atoms. The molecule has 3 fully saturated rings. The number of piperidine rings is 1. The first-order chi connectivity index (χ1) is 9.06. The monoisotopic (exact) mass is 265 g/mol. The number of hydrogen-bond donors (Lipinski definition) is 0. The van der Waals surface area contributed by atoms with E-state index < -0.39 is 0 Å². The fourth-order valence-electron chi connectivity index (χ4n) is 4.04. The molecule has 0 amide bonds. The van der Waals surface area contributed by atoms with Gasteiger partial charge in [0.1, 0.15) is 0 Å². The standard InChI is InChI=1S/C16H31N3/c1-12(2)17-7-5-14(6-8-17)9-19-15-10-18(13(3)4)11-16(15)19/h12-16H,5-11H2,1-4H3. The summed E-state index contributed by atoms with van der Waals surface area (Å²) in [4.78, 5) is 8.07. The van der Waals surface area contributed by atoms with Gasteiger partial charge in [-0.2, -0.15) is 0 Å². The van der Waals surface area contributed by atoms with Gasteiger partial charge in [0.05, 0.1) is 0 Å². The molecule has 0 radical (unpaired) electrons. The number of likely N-dealkylation sites (tertiary alicyclic amines) is 2. The second kappa shape index (κ2) is 5.34. The minimum atomic E-state index is 0.737. The zero-order chi connectivity index (χ0) is 13.6. The van der Waals surface area contributed by atoms with E-state index in [9.17, 15) is 0 Å². The van der Waals surface area contributed by atoms with Gasteiger partial charge in [-0.25, -0.2) is 0 Å². The highest BCUT2D eigenvalue weighted by molar-refractivity contribution is 5.11. The second-order valence-corrected chi connectivity index (χ2v) is 7.45. The van der Waals surface area contributed by atoms with E-state index in [1.165, 1.54) is 45.6 Å². The highest BCUT2D eigenvalue weighted by Crippen LogP contribution is 2.38. The average molecular weight is 265 g/mol. The molecule has 3 aliphatic heterocycles. The van der Waals surface area contributed by atoms with Gasteiger partial charge in [0.15, 0.2) is 0 Å². The summed E-state index contributed by atoms with van der Waals surface area (Å²) < 4.78 is 0. The van der Waals surface area contributed by atoms with Gasteiger partial charge in [-0.3, -0.25) is 9.80 Å². The molecule has 2 unspecified atom stereocenters. The van der Waals surface area contributed by atoms with E-state index in [4.69, 9.17) is 0 Å². The molecule has 3 rings (SSSR count). The Morgan fingerprint density at radius 1 is 0.842 bits per heavy atom. The molecule has 0 aromatic rings. The third-order valence-corrected chi connectivity index (χ3v) is 5.63. The van der Waals surface area contributed by atoms with Gasteiger partial charge in [-0.15, -0.1) is 0 Å². The topological polar surface area (TPSA) is 9.49 Å². The summed E-state index contributed by atoms with van der Waals surface area (Å²) in [6.07, 6.45) is 2.84. The van der Waals surface area contributed by atoms with Crippen LogP contribution in [0.5, 0.6) is 0 Å². The van der Waals surface area contributed by atoms with Crippen molar-refractivity contribution in [2.75, 3.05) is 32.7 Å². The van der Waals surface area contributed by atoms with Gasteiger partial charge in [0, 0.05) is 43.8 Å². The lowest BCUT2D eigenvalue weighted by molar-refractivity contribution is 0.131. The van der Waals surface area contributed by atoms with Gasteiger partial charge in [0.2, 0.25) is 0 Å². The Morgan fingerprint density at radius 2 is 1.37 bits per heavy atom. The van der Waals surface area contributed by atoms with Crippen LogP contribution in [0.1, 0.15) is 40.5 Å². The molecule has 3 nitrogen and oxygen atoms in total. The molecule has 19 heavy (non-hydrogen) atoms. The first kappa shape index (κ1) is 13.8. The summed E-state index contributed by atoms with van der Waals surface area (Å²) in [7, 11) is 0. The van der Waals surface area contributed by atoms with Crippen LogP contribution in [-0.2, 0) is 0 Å². The quantitative estimate of drug-likeness (QED) is 0.719. The Kier molecular flexibility index (Phi) is 3.89. The first-order valence-corrected chi connectivity index (χ1v) is 8.30. The third-order valence-electron chi connectivity index (χ3n) is 5.63. The summed E-state index contributed by atoms with van der Waals surface area (Å²) >= 11 is 0. The molecule has 2 atom stereocenters. The average Bonchev–Trinajstić information content (AvgIpc) is 2.84. The van der Waals surface area contributed by atoms with Gasteiger partial charge in [0.25, 0.3) is 0 Å². The summed E-state index contributed by atoms with van der Waals surface area (Å²) in [5, 5.41) is 0. The van der Waals surface area contributed by atoms with E-state index in [-0.39, 0.29) is 0 Å². The van der Waals surface area contributed by atoms with Crippen LogP contribution in [-0.4, -0.2) is 71.6 Å². The van der Waals surface area contributed by atoms with Crippen LogP contribution in [0.4, 0.5) is 0 Å². The molecule has 3 aliphatic rings. The number of rotatable bonds is 4. The molecule has 0 N–H and O–H groups in total. The minimum absolute atomic E-state index is 0.737. The van der Waals surface area contributed by atoms with Crippen LogP contribution in [0, 0.1) is 5.92 Å². The Hall–Kier alpha value is -0.120. The lowest BCUT2D eigenvalue weighted by Gasteiger charge is -2.35. The number of piperazine rings is 1. The van der Waals surface area contributed by atoms with Crippen molar-refractivity contribution in [2.24, 2.45) is 5.92 Å². The maximum absolute atomic E-state index is 2.79. The Labute approximate surface area is 118 Å². The van der Waals surface area contributed by atoms with Crippen molar-refractivity contribution in [3.8, 4) is 0 Å². The largest absolute Gasteiger partial charge is 0.301 e. The smallest absolute Gasteiger partial charge is 0.0395 e. The van der Waals surface area contributed by atoms with Crippen LogP contribution in [0.2, 0.25) is 0 Å². The number of fused-ring (bicyclic) bond motifs is 1. The Morgan fingerprint density at radius 3 is 1.84 bits per heavy atom. The normalized spacial score (nSPS) is 37.3. The molecule has 110 valence electrons. The molecule has 3 saturated heterocycles. The summed E-state index contributed by atoms with van der Waals surface area (Å²) in [5.41, 5.74) is 0. The first-order valence-electron chi connectivity index (χ1n) is 8.30. The summed E-state index contributed by atoms with van der Waals surface area (Å²) in [6.45, 7) is 16.0. The molecule has 3 heteroatoms. The fourth-order valence-corrected chi connectivity index (χ4v) is 4.04. The Balaban J connectivity index is 1.39. The maximum atomic E-state index is 2.79. The van der Waals surface area contributed by atoms with E-state index >= 15 is 0 Å². The van der Waals surface area contributed by atoms with Crippen molar-refractivity contribution in [3.63, 3.8) is 0 Å². The number of nitrogens with zero attached hydrogens (tertiary/aromatic N) is 3. The molecule has 0 aromatic carbocycles. The second-order valence-electron chi connectivity index (χ2n) is 7.45. The van der Waals surface area contributed by atoms with Gasteiger partial charge in [-0.05, 0) is 59.5 Å². The highest BCUT2D eigenvalue weighted by atomic mass is 15.4. The van der Waals surface area contributed by atoms with Gasteiger partial charge < -0.3 is 4.90 Å². The maximum Gasteiger partial charge on any atom is 0.0395 e. The van der Waals surface area contributed by atoms with Crippen molar-refractivity contribution in [2.45, 2.75) is 64.7 Å². The van der Waals surface area contributed by atoms with Crippen LogP contribution < -0.4 is 0 Å². The van der Waals surface area contributed by atoms with E-state index in [1.807, 2.05) is 0 Å². The molecule has 0 aromatic heterocycles. The van der Waals surface area contributed by atoms with Gasteiger partial charge >= 0.3 is 0 Å². The van der Waals surface area contributed by atoms with E-state index in [0.29, 0.717) is 0 Å². The number of hydrogen-bond acceptors (Lipinski definition) is 3. The van der Waals surface area contributed by atoms with Crippen LogP contribution in [0.15, 0.2) is 0 Å². The highest BCUT2D eigenvalue weighted by Gasteiger charge is 2.54. The molecule has 0 aliphatic carbocycles. The molecule has 0 saturated carbocycles. The fraction of sp³-hybridized carbons (Fsp3) is 1.00. The van der Waals surface area contributed by atoms with E-state index in [0.717, 1.165) is 30.1 Å². The van der Waals surface area contributed by atoms with Crippen molar-refractivity contribution in [1.29, 1.82) is 0 Å². The molecular formula is C16H31N3. The lowest BCUT2D eigenvalue weighted by atomic mass is 9.96. The van der Waals surface area contributed by atoms with Crippen LogP contribution in [0.3, 0.4) is 0 Å². The predicted molar refractivity (Wildman–Crippen MR) is 80.4 cm³/mol. The van der Waals surface area contributed by atoms with E-state index in [1.54, 1.807) is 0 Å². The molecule has 0 spiro atoms. The molecular weight excluding hydrogens is 234 g/mol. The minimum Gasteiger partial charge on any atom is -0.301 e. The van der Waals surface area contributed by atoms with E-state index in [2.05, 4.69) is 42.4 Å². The third kappa shape index (κ3) is 2.84. The summed E-state index contributed by atoms with van der Waals surface area (Å²) in [6, 6.07) is 3.29. The van der Waals surface area contributed by atoms with Crippen molar-refractivity contribution >= 4 is 0 Å². The van der Waals surface area contributed by atoms with Crippen LogP contribution >= 0.6 is 0 Å². The molecule has 3 heterocycles. The Bertz CT molecular complexity index is 289. The van der Waals surface area contributed by atoms with Crippen molar-refractivity contribution in [1.82, 2.24) is 14.7 Å². The van der Waals surface area contributed by atoms with Crippen molar-refractivity contribution in [3.05, 3.63) is 0 Å².